The van der Waals surface area contributed by atoms with Crippen molar-refractivity contribution in [3.63, 3.8) is 0 Å². The van der Waals surface area contributed by atoms with Gasteiger partial charge in [-0.05, 0) is 36.5 Å². The third-order valence-corrected chi connectivity index (χ3v) is 5.17. The van der Waals surface area contributed by atoms with Gasteiger partial charge < -0.3 is 10.0 Å². The number of hydrogen-bond donors (Lipinski definition) is 1. The van der Waals surface area contributed by atoms with Gasteiger partial charge in [-0.25, -0.2) is 0 Å². The lowest BCUT2D eigenvalue weighted by Crippen LogP contribution is -2.45. The Kier molecular flexibility index (Phi) is 6.31. The van der Waals surface area contributed by atoms with Crippen molar-refractivity contribution in [2.24, 2.45) is 17.3 Å². The standard InChI is InChI=1S/C16H31NO2/c1-5-14(13(3)4)11-15(19)17-9-7-16(6-2,12-18)8-10-17/h13-14,18H,5-12H2,1-4H3. The minimum atomic E-state index is 0.0684. The number of amides is 1. The molecule has 0 aromatic carbocycles. The molecule has 19 heavy (non-hydrogen) atoms. The molecule has 1 N–H and O–H groups in total. The second-order valence-corrected chi connectivity index (χ2v) is 6.51. The van der Waals surface area contributed by atoms with Crippen LogP contribution < -0.4 is 0 Å². The zero-order valence-electron chi connectivity index (χ0n) is 13.1. The summed E-state index contributed by atoms with van der Waals surface area (Å²) >= 11 is 0. The molecule has 1 saturated heterocycles. The van der Waals surface area contributed by atoms with E-state index in [0.717, 1.165) is 38.8 Å². The third kappa shape index (κ3) is 4.20. The lowest BCUT2D eigenvalue weighted by molar-refractivity contribution is -0.135. The Labute approximate surface area is 118 Å². The number of hydrogen-bond acceptors (Lipinski definition) is 2. The van der Waals surface area contributed by atoms with Gasteiger partial charge in [-0.2, -0.15) is 0 Å². The number of carbonyl (C=O) groups is 1. The summed E-state index contributed by atoms with van der Waals surface area (Å²) in [6.07, 6.45) is 4.67. The summed E-state index contributed by atoms with van der Waals surface area (Å²) in [4.78, 5) is 14.3. The molecule has 0 bridgehead atoms. The fourth-order valence-electron chi connectivity index (χ4n) is 3.06. The smallest absolute Gasteiger partial charge is 0.222 e. The molecule has 0 saturated carbocycles. The predicted octanol–water partition coefficient (Wildman–Crippen LogP) is 3.07. The fraction of sp³-hybridized carbons (Fsp3) is 0.938. The Bertz CT molecular complexity index is 274. The van der Waals surface area contributed by atoms with E-state index in [9.17, 15) is 9.90 Å². The number of aliphatic hydroxyl groups is 1. The molecule has 1 fully saturated rings. The van der Waals surface area contributed by atoms with Gasteiger partial charge in [-0.1, -0.05) is 34.1 Å². The first-order chi connectivity index (χ1) is 8.98. The van der Waals surface area contributed by atoms with Crippen molar-refractivity contribution < 1.29 is 9.90 Å². The number of likely N-dealkylation sites (tertiary alicyclic amines) is 1. The van der Waals surface area contributed by atoms with Gasteiger partial charge in [0.2, 0.25) is 5.91 Å². The van der Waals surface area contributed by atoms with Crippen molar-refractivity contribution in [3.8, 4) is 0 Å². The SMILES string of the molecule is CCC(CC(=O)N1CCC(CC)(CO)CC1)C(C)C. The fourth-order valence-corrected chi connectivity index (χ4v) is 3.06. The third-order valence-electron chi connectivity index (χ3n) is 5.17. The van der Waals surface area contributed by atoms with E-state index >= 15 is 0 Å². The van der Waals surface area contributed by atoms with E-state index in [2.05, 4.69) is 27.7 Å². The van der Waals surface area contributed by atoms with Crippen molar-refractivity contribution in [1.29, 1.82) is 0 Å². The molecule has 0 aromatic heterocycles. The van der Waals surface area contributed by atoms with Gasteiger partial charge in [0.15, 0.2) is 0 Å². The van der Waals surface area contributed by atoms with Crippen LogP contribution >= 0.6 is 0 Å². The minimum absolute atomic E-state index is 0.0684. The van der Waals surface area contributed by atoms with Gasteiger partial charge in [0.05, 0.1) is 0 Å². The number of rotatable bonds is 6. The first-order valence-electron chi connectivity index (χ1n) is 7.86. The normalized spacial score (nSPS) is 20.6. The zero-order valence-corrected chi connectivity index (χ0v) is 13.1. The molecule has 1 heterocycles. The van der Waals surface area contributed by atoms with Gasteiger partial charge in [-0.3, -0.25) is 4.79 Å². The summed E-state index contributed by atoms with van der Waals surface area (Å²) in [5.74, 6) is 1.39. The number of carbonyl (C=O) groups excluding carboxylic acids is 1. The molecule has 1 atom stereocenters. The van der Waals surface area contributed by atoms with Crippen LogP contribution in [0.25, 0.3) is 0 Å². The summed E-state index contributed by atoms with van der Waals surface area (Å²) in [5.41, 5.74) is 0.0684. The molecule has 0 aliphatic carbocycles. The molecular formula is C16H31NO2. The second kappa shape index (κ2) is 7.28. The van der Waals surface area contributed by atoms with Gasteiger partial charge in [0, 0.05) is 26.1 Å². The second-order valence-electron chi connectivity index (χ2n) is 6.51. The highest BCUT2D eigenvalue weighted by atomic mass is 16.3. The lowest BCUT2D eigenvalue weighted by atomic mass is 9.77. The molecule has 0 radical (unpaired) electrons. The maximum Gasteiger partial charge on any atom is 0.222 e. The van der Waals surface area contributed by atoms with Gasteiger partial charge in [-0.15, -0.1) is 0 Å². The van der Waals surface area contributed by atoms with Crippen LogP contribution in [0.5, 0.6) is 0 Å². The quantitative estimate of drug-likeness (QED) is 0.805. The highest BCUT2D eigenvalue weighted by molar-refractivity contribution is 5.76. The molecule has 3 heteroatoms. The average molecular weight is 269 g/mol. The van der Waals surface area contributed by atoms with Crippen molar-refractivity contribution in [3.05, 3.63) is 0 Å². The Morgan fingerprint density at radius 3 is 2.21 bits per heavy atom. The molecule has 1 amide bonds. The maximum absolute atomic E-state index is 12.3. The van der Waals surface area contributed by atoms with E-state index in [1.54, 1.807) is 0 Å². The molecule has 0 spiro atoms. The van der Waals surface area contributed by atoms with Crippen LogP contribution in [0, 0.1) is 17.3 Å². The molecule has 3 nitrogen and oxygen atoms in total. The molecule has 1 rings (SSSR count). The zero-order chi connectivity index (χ0) is 14.5. The molecule has 1 aliphatic heterocycles. The van der Waals surface area contributed by atoms with Crippen molar-refractivity contribution in [1.82, 2.24) is 4.90 Å². The average Bonchev–Trinajstić information content (AvgIpc) is 2.44. The minimum Gasteiger partial charge on any atom is -0.396 e. The van der Waals surface area contributed by atoms with Crippen LogP contribution in [0.1, 0.15) is 59.8 Å². The van der Waals surface area contributed by atoms with Crippen LogP contribution in [0.15, 0.2) is 0 Å². The molecular weight excluding hydrogens is 238 g/mol. The van der Waals surface area contributed by atoms with Crippen LogP contribution in [0.2, 0.25) is 0 Å². The Balaban J connectivity index is 2.49. The van der Waals surface area contributed by atoms with Gasteiger partial charge in [0.25, 0.3) is 0 Å². The monoisotopic (exact) mass is 269 g/mol. The topological polar surface area (TPSA) is 40.5 Å². The van der Waals surface area contributed by atoms with E-state index in [1.807, 2.05) is 4.90 Å². The van der Waals surface area contributed by atoms with Crippen molar-refractivity contribution >= 4 is 5.91 Å². The Hall–Kier alpha value is -0.570. The van der Waals surface area contributed by atoms with E-state index in [-0.39, 0.29) is 12.0 Å². The van der Waals surface area contributed by atoms with Crippen molar-refractivity contribution in [2.75, 3.05) is 19.7 Å². The Morgan fingerprint density at radius 2 is 1.84 bits per heavy atom. The summed E-state index contributed by atoms with van der Waals surface area (Å²) in [7, 11) is 0. The first-order valence-corrected chi connectivity index (χ1v) is 7.86. The van der Waals surface area contributed by atoms with Crippen LogP contribution in [0.3, 0.4) is 0 Å². The van der Waals surface area contributed by atoms with Gasteiger partial charge in [0.1, 0.15) is 0 Å². The lowest BCUT2D eigenvalue weighted by Gasteiger charge is -2.40. The summed E-state index contributed by atoms with van der Waals surface area (Å²) in [6.45, 7) is 10.6. The number of aliphatic hydroxyl groups excluding tert-OH is 1. The molecule has 1 unspecified atom stereocenters. The largest absolute Gasteiger partial charge is 0.396 e. The van der Waals surface area contributed by atoms with E-state index in [1.165, 1.54) is 0 Å². The maximum atomic E-state index is 12.3. The molecule has 0 aromatic rings. The number of piperidine rings is 1. The van der Waals surface area contributed by atoms with E-state index < -0.39 is 0 Å². The van der Waals surface area contributed by atoms with Gasteiger partial charge >= 0.3 is 0 Å². The van der Waals surface area contributed by atoms with E-state index in [4.69, 9.17) is 0 Å². The first kappa shape index (κ1) is 16.5. The van der Waals surface area contributed by atoms with Crippen LogP contribution in [-0.4, -0.2) is 35.6 Å². The van der Waals surface area contributed by atoms with Crippen LogP contribution in [-0.2, 0) is 4.79 Å². The summed E-state index contributed by atoms with van der Waals surface area (Å²) < 4.78 is 0. The highest BCUT2D eigenvalue weighted by Crippen LogP contribution is 2.34. The molecule has 112 valence electrons. The Morgan fingerprint density at radius 1 is 1.26 bits per heavy atom. The summed E-state index contributed by atoms with van der Waals surface area (Å²) in [6, 6.07) is 0. The number of nitrogens with zero attached hydrogens (tertiary/aromatic N) is 1. The van der Waals surface area contributed by atoms with Crippen LogP contribution in [0.4, 0.5) is 0 Å². The predicted molar refractivity (Wildman–Crippen MR) is 78.9 cm³/mol. The van der Waals surface area contributed by atoms with E-state index in [0.29, 0.717) is 24.2 Å². The summed E-state index contributed by atoms with van der Waals surface area (Å²) in [5, 5.41) is 9.52. The van der Waals surface area contributed by atoms with Crippen molar-refractivity contribution in [2.45, 2.75) is 59.8 Å². The highest BCUT2D eigenvalue weighted by Gasteiger charge is 2.34. The molecule has 1 aliphatic rings.